The van der Waals surface area contributed by atoms with Gasteiger partial charge in [-0.15, -0.1) is 0 Å². The summed E-state index contributed by atoms with van der Waals surface area (Å²) < 4.78 is 0. The summed E-state index contributed by atoms with van der Waals surface area (Å²) in [5.41, 5.74) is 2.92. The van der Waals surface area contributed by atoms with E-state index in [0.29, 0.717) is 0 Å². The van der Waals surface area contributed by atoms with Gasteiger partial charge in [-0.05, 0) is 36.4 Å². The average Bonchev–Trinajstić information content (AvgIpc) is 2.67. The Morgan fingerprint density at radius 2 is 1.46 bits per heavy atom. The van der Waals surface area contributed by atoms with Gasteiger partial charge in [0.25, 0.3) is 0 Å². The number of rotatable bonds is 3. The molecule has 0 fully saturated rings. The van der Waals surface area contributed by atoms with Crippen molar-refractivity contribution in [3.8, 4) is 0 Å². The summed E-state index contributed by atoms with van der Waals surface area (Å²) in [6.45, 7) is 0. The van der Waals surface area contributed by atoms with Gasteiger partial charge in [-0.2, -0.15) is 0 Å². The zero-order valence-corrected chi connectivity index (χ0v) is 14.6. The normalized spacial score (nSPS) is 11.5. The van der Waals surface area contributed by atoms with Gasteiger partial charge in [-0.25, -0.2) is 15.0 Å². The molecule has 26 heavy (non-hydrogen) atoms. The first-order valence-corrected chi connectivity index (χ1v) is 8.51. The van der Waals surface area contributed by atoms with Gasteiger partial charge < -0.3 is 10.2 Å². The third-order valence-corrected chi connectivity index (χ3v) is 4.68. The van der Waals surface area contributed by atoms with Gasteiger partial charge in [-0.3, -0.25) is 0 Å². The molecule has 3 aromatic carbocycles. The number of nitrogens with zero attached hydrogens (tertiary/aromatic N) is 4. The van der Waals surface area contributed by atoms with Crippen LogP contribution in [0.1, 0.15) is 0 Å². The Bertz CT molecular complexity index is 1220. The van der Waals surface area contributed by atoms with Crippen LogP contribution in [0.4, 0.5) is 17.3 Å². The van der Waals surface area contributed by atoms with Gasteiger partial charge in [0.2, 0.25) is 0 Å². The van der Waals surface area contributed by atoms with Crippen LogP contribution in [0.2, 0.25) is 0 Å². The summed E-state index contributed by atoms with van der Waals surface area (Å²) in [6, 6.07) is 18.4. The number of nitrogens with one attached hydrogen (secondary N) is 1. The molecule has 5 rings (SSSR count). The number of hydrogen-bond donors (Lipinski definition) is 1. The Kier molecular flexibility index (Phi) is 3.15. The number of pyridine rings is 1. The summed E-state index contributed by atoms with van der Waals surface area (Å²) in [4.78, 5) is 15.9. The number of aromatic nitrogens is 3. The van der Waals surface area contributed by atoms with E-state index < -0.39 is 0 Å². The highest BCUT2D eigenvalue weighted by atomic mass is 15.2. The van der Waals surface area contributed by atoms with Crippen LogP contribution in [0.15, 0.2) is 60.9 Å². The van der Waals surface area contributed by atoms with Crippen molar-refractivity contribution in [1.82, 2.24) is 15.0 Å². The smallest absolute Gasteiger partial charge is 0.140 e. The predicted molar refractivity (Wildman–Crippen MR) is 108 cm³/mol. The van der Waals surface area contributed by atoms with E-state index in [-0.39, 0.29) is 0 Å². The van der Waals surface area contributed by atoms with Crippen LogP contribution in [-0.4, -0.2) is 29.0 Å². The molecule has 2 heterocycles. The maximum absolute atomic E-state index is 4.93. The zero-order chi connectivity index (χ0) is 17.7. The third kappa shape index (κ3) is 2.14. The summed E-state index contributed by atoms with van der Waals surface area (Å²) >= 11 is 0. The summed E-state index contributed by atoms with van der Waals surface area (Å²) in [7, 11) is 4.03. The second-order valence-electron chi connectivity index (χ2n) is 6.56. The first-order valence-electron chi connectivity index (χ1n) is 8.51. The lowest BCUT2D eigenvalue weighted by atomic mass is 9.99. The molecule has 0 saturated carbocycles. The molecule has 126 valence electrons. The lowest BCUT2D eigenvalue weighted by molar-refractivity contribution is 1.09. The maximum atomic E-state index is 4.93. The van der Waals surface area contributed by atoms with Crippen molar-refractivity contribution in [3.05, 3.63) is 60.9 Å². The minimum absolute atomic E-state index is 0.839. The van der Waals surface area contributed by atoms with Crippen LogP contribution in [0, 0.1) is 0 Å². The Hall–Kier alpha value is -3.47. The van der Waals surface area contributed by atoms with Gasteiger partial charge in [0.05, 0.1) is 11.0 Å². The second kappa shape index (κ2) is 5.52. The highest BCUT2D eigenvalue weighted by Crippen LogP contribution is 2.39. The quantitative estimate of drug-likeness (QED) is 0.488. The molecule has 0 radical (unpaired) electrons. The van der Waals surface area contributed by atoms with Crippen molar-refractivity contribution >= 4 is 49.9 Å². The monoisotopic (exact) mass is 339 g/mol. The van der Waals surface area contributed by atoms with Gasteiger partial charge >= 0.3 is 0 Å². The van der Waals surface area contributed by atoms with Gasteiger partial charge in [0, 0.05) is 41.3 Å². The average molecular weight is 339 g/mol. The van der Waals surface area contributed by atoms with E-state index in [4.69, 9.17) is 4.98 Å². The fourth-order valence-corrected chi connectivity index (χ4v) is 3.53. The molecule has 0 aliphatic carbocycles. The molecule has 1 N–H and O–H groups in total. The van der Waals surface area contributed by atoms with Crippen molar-refractivity contribution in [2.45, 2.75) is 0 Å². The van der Waals surface area contributed by atoms with E-state index in [1.807, 2.05) is 61.5 Å². The zero-order valence-electron chi connectivity index (χ0n) is 14.6. The number of hydrogen-bond acceptors (Lipinski definition) is 5. The fraction of sp³-hybridized carbons (Fsp3) is 0.0952. The molecule has 2 aromatic heterocycles. The largest absolute Gasteiger partial charge is 0.362 e. The topological polar surface area (TPSA) is 53.9 Å². The molecule has 0 bridgehead atoms. The fourth-order valence-electron chi connectivity index (χ4n) is 3.53. The Labute approximate surface area is 150 Å². The molecule has 5 heteroatoms. The van der Waals surface area contributed by atoms with Crippen molar-refractivity contribution in [3.63, 3.8) is 0 Å². The van der Waals surface area contributed by atoms with E-state index in [9.17, 15) is 0 Å². The first kappa shape index (κ1) is 14.8. The van der Waals surface area contributed by atoms with Crippen molar-refractivity contribution in [1.29, 1.82) is 0 Å². The van der Waals surface area contributed by atoms with Crippen LogP contribution in [0.5, 0.6) is 0 Å². The summed E-state index contributed by atoms with van der Waals surface area (Å²) in [5.74, 6) is 1.76. The molecule has 0 amide bonds. The molecule has 0 spiro atoms. The molecule has 0 aliphatic rings. The summed E-state index contributed by atoms with van der Waals surface area (Å²) in [6.07, 6.45) is 1.62. The van der Waals surface area contributed by atoms with Crippen LogP contribution >= 0.6 is 0 Å². The van der Waals surface area contributed by atoms with E-state index in [0.717, 1.165) is 49.9 Å². The molecule has 0 atom stereocenters. The van der Waals surface area contributed by atoms with Crippen LogP contribution in [0.25, 0.3) is 32.6 Å². The molecule has 0 saturated heterocycles. The van der Waals surface area contributed by atoms with Crippen molar-refractivity contribution in [2.24, 2.45) is 0 Å². The Morgan fingerprint density at radius 1 is 0.769 bits per heavy atom. The van der Waals surface area contributed by atoms with Crippen LogP contribution < -0.4 is 10.2 Å². The van der Waals surface area contributed by atoms with E-state index in [1.165, 1.54) is 0 Å². The first-order chi connectivity index (χ1) is 12.7. The van der Waals surface area contributed by atoms with Gasteiger partial charge in [-0.1, -0.05) is 18.2 Å². The lowest BCUT2D eigenvalue weighted by Crippen LogP contribution is -2.12. The minimum Gasteiger partial charge on any atom is -0.362 e. The van der Waals surface area contributed by atoms with E-state index in [1.54, 1.807) is 6.33 Å². The number of para-hydroxylation sites is 1. The third-order valence-electron chi connectivity index (χ3n) is 4.68. The van der Waals surface area contributed by atoms with Crippen molar-refractivity contribution in [2.75, 3.05) is 24.3 Å². The second-order valence-corrected chi connectivity index (χ2v) is 6.56. The predicted octanol–water partition coefficient (Wildman–Crippen LogP) is 4.58. The van der Waals surface area contributed by atoms with Crippen LogP contribution in [-0.2, 0) is 0 Å². The Balaban J connectivity index is 1.90. The lowest BCUT2D eigenvalue weighted by Gasteiger charge is -2.20. The highest BCUT2D eigenvalue weighted by Gasteiger charge is 2.17. The van der Waals surface area contributed by atoms with E-state index in [2.05, 4.69) is 27.4 Å². The minimum atomic E-state index is 0.839. The Morgan fingerprint density at radius 3 is 2.15 bits per heavy atom. The molecule has 0 aliphatic heterocycles. The van der Waals surface area contributed by atoms with Gasteiger partial charge in [0.15, 0.2) is 0 Å². The summed E-state index contributed by atoms with van der Waals surface area (Å²) in [5, 5.41) is 7.89. The highest BCUT2D eigenvalue weighted by molar-refractivity contribution is 6.25. The van der Waals surface area contributed by atoms with E-state index >= 15 is 0 Å². The van der Waals surface area contributed by atoms with Gasteiger partial charge in [0.1, 0.15) is 18.0 Å². The molecule has 0 unspecified atom stereocenters. The van der Waals surface area contributed by atoms with Crippen LogP contribution in [0.3, 0.4) is 0 Å². The number of benzene rings is 3. The number of anilines is 3. The molecular weight excluding hydrogens is 322 g/mol. The SMILES string of the molecule is CN(C)c1nc(Nc2ccccc2)c2ccc3ncnc4ccc1c2c34. The molecular formula is C21H17N5. The molecule has 5 aromatic rings. The van der Waals surface area contributed by atoms with Crippen molar-refractivity contribution < 1.29 is 0 Å². The maximum Gasteiger partial charge on any atom is 0.140 e. The molecule has 5 nitrogen and oxygen atoms in total. The standard InChI is InChI=1S/C21H17N5/c1-26(2)21-15-9-11-17-19-16(22-12-23-17)10-8-14(18(15)19)20(25-21)24-13-6-4-3-5-7-13/h3-12H,1-2H3,(H,24,25).